The quantitative estimate of drug-likeness (QED) is 0.345. The molecule has 0 aliphatic carbocycles. The van der Waals surface area contributed by atoms with E-state index in [1.807, 2.05) is 13.0 Å². The highest BCUT2D eigenvalue weighted by molar-refractivity contribution is 5.65. The minimum absolute atomic E-state index is 0.240. The second-order valence-electron chi connectivity index (χ2n) is 2.03. The molecule has 0 rings (SSSR count). The van der Waals surface area contributed by atoms with E-state index in [4.69, 9.17) is 4.74 Å². The van der Waals surface area contributed by atoms with Crippen molar-refractivity contribution in [3.63, 3.8) is 0 Å². The number of ether oxygens (including phenoxy) is 2. The van der Waals surface area contributed by atoms with Crippen LogP contribution in [0.15, 0.2) is 12.3 Å². The first-order valence-corrected chi connectivity index (χ1v) is 3.63. The number of esters is 1. The fraction of sp³-hybridized carbons (Fsp3) is 0.625. The summed E-state index contributed by atoms with van der Waals surface area (Å²) in [6.45, 7) is 4.31. The molecule has 0 amide bonds. The second kappa shape index (κ2) is 7.12. The van der Waals surface area contributed by atoms with Gasteiger partial charge in [0, 0.05) is 13.3 Å². The summed E-state index contributed by atoms with van der Waals surface area (Å²) in [5.74, 6) is -0.240. The molecule has 0 unspecified atom stereocenters. The fourth-order valence-corrected chi connectivity index (χ4v) is 0.522. The van der Waals surface area contributed by atoms with Crippen LogP contribution in [-0.2, 0) is 14.3 Å². The molecule has 0 atom stereocenters. The van der Waals surface area contributed by atoms with Crippen LogP contribution in [0.25, 0.3) is 0 Å². The summed E-state index contributed by atoms with van der Waals surface area (Å²) in [6.07, 6.45) is 4.17. The van der Waals surface area contributed by atoms with Crippen molar-refractivity contribution in [1.82, 2.24) is 0 Å². The van der Waals surface area contributed by atoms with Crippen molar-refractivity contribution < 1.29 is 14.3 Å². The molecule has 0 aliphatic rings. The minimum Gasteiger partial charge on any atom is -0.501 e. The Hall–Kier alpha value is -0.990. The van der Waals surface area contributed by atoms with Gasteiger partial charge in [-0.15, -0.1) is 0 Å². The fourth-order valence-electron chi connectivity index (χ4n) is 0.522. The van der Waals surface area contributed by atoms with Gasteiger partial charge < -0.3 is 9.47 Å². The minimum atomic E-state index is -0.240. The molecule has 0 aromatic heterocycles. The van der Waals surface area contributed by atoms with Gasteiger partial charge in [-0.2, -0.15) is 0 Å². The van der Waals surface area contributed by atoms with E-state index in [1.165, 1.54) is 6.92 Å². The maximum absolute atomic E-state index is 10.3. The third-order valence-electron chi connectivity index (χ3n) is 0.944. The molecule has 0 bridgehead atoms. The van der Waals surface area contributed by atoms with Gasteiger partial charge in [-0.1, -0.05) is 6.08 Å². The topological polar surface area (TPSA) is 35.5 Å². The van der Waals surface area contributed by atoms with Crippen LogP contribution >= 0.6 is 0 Å². The van der Waals surface area contributed by atoms with Gasteiger partial charge >= 0.3 is 5.97 Å². The van der Waals surface area contributed by atoms with Crippen molar-refractivity contribution >= 4 is 5.97 Å². The van der Waals surface area contributed by atoms with Gasteiger partial charge in [0.25, 0.3) is 0 Å². The Morgan fingerprint density at radius 3 is 2.73 bits per heavy atom. The van der Waals surface area contributed by atoms with Crippen molar-refractivity contribution in [3.05, 3.63) is 12.3 Å². The largest absolute Gasteiger partial charge is 0.501 e. The van der Waals surface area contributed by atoms with Crippen molar-refractivity contribution in [3.8, 4) is 0 Å². The van der Waals surface area contributed by atoms with Crippen LogP contribution in [0.2, 0.25) is 0 Å². The van der Waals surface area contributed by atoms with E-state index < -0.39 is 0 Å². The molecule has 0 aromatic carbocycles. The van der Waals surface area contributed by atoms with Crippen LogP contribution in [0.3, 0.4) is 0 Å². The molecular formula is C8H14O3. The van der Waals surface area contributed by atoms with E-state index >= 15 is 0 Å². The average Bonchev–Trinajstić information content (AvgIpc) is 1.96. The van der Waals surface area contributed by atoms with E-state index in [9.17, 15) is 4.79 Å². The van der Waals surface area contributed by atoms with Crippen LogP contribution in [0.4, 0.5) is 0 Å². The highest BCUT2D eigenvalue weighted by atomic mass is 16.5. The Morgan fingerprint density at radius 2 is 2.18 bits per heavy atom. The molecule has 0 fully saturated rings. The van der Waals surface area contributed by atoms with E-state index in [0.29, 0.717) is 13.2 Å². The Morgan fingerprint density at radius 1 is 1.45 bits per heavy atom. The zero-order valence-electron chi connectivity index (χ0n) is 7.00. The van der Waals surface area contributed by atoms with E-state index in [1.54, 1.807) is 6.26 Å². The number of hydrogen-bond donors (Lipinski definition) is 0. The Kier molecular flexibility index (Phi) is 6.48. The SMILES string of the molecule is CC=COCCCOC(C)=O. The third-order valence-corrected chi connectivity index (χ3v) is 0.944. The number of rotatable bonds is 5. The molecular weight excluding hydrogens is 144 g/mol. The van der Waals surface area contributed by atoms with E-state index in [-0.39, 0.29) is 5.97 Å². The number of carbonyl (C=O) groups excluding carboxylic acids is 1. The molecule has 0 aromatic rings. The molecule has 64 valence electrons. The van der Waals surface area contributed by atoms with Crippen LogP contribution in [0.5, 0.6) is 0 Å². The van der Waals surface area contributed by atoms with E-state index in [2.05, 4.69) is 4.74 Å². The Balaban J connectivity index is 2.96. The first-order chi connectivity index (χ1) is 5.27. The molecule has 0 saturated heterocycles. The molecule has 3 nitrogen and oxygen atoms in total. The zero-order chi connectivity index (χ0) is 8.53. The lowest BCUT2D eigenvalue weighted by Gasteiger charge is -2.00. The van der Waals surface area contributed by atoms with Gasteiger partial charge in [0.15, 0.2) is 0 Å². The van der Waals surface area contributed by atoms with Crippen LogP contribution < -0.4 is 0 Å². The lowest BCUT2D eigenvalue weighted by atomic mass is 10.5. The molecule has 11 heavy (non-hydrogen) atoms. The van der Waals surface area contributed by atoms with Gasteiger partial charge in [0.05, 0.1) is 19.5 Å². The predicted molar refractivity (Wildman–Crippen MR) is 42.0 cm³/mol. The summed E-state index contributed by atoms with van der Waals surface area (Å²) in [7, 11) is 0. The highest BCUT2D eigenvalue weighted by Crippen LogP contribution is 1.86. The summed E-state index contributed by atoms with van der Waals surface area (Å²) >= 11 is 0. The molecule has 0 N–H and O–H groups in total. The van der Waals surface area contributed by atoms with Gasteiger partial charge in [-0.25, -0.2) is 0 Å². The van der Waals surface area contributed by atoms with Gasteiger partial charge in [-0.05, 0) is 6.92 Å². The number of carbonyl (C=O) groups is 1. The van der Waals surface area contributed by atoms with Crippen LogP contribution in [-0.4, -0.2) is 19.2 Å². The van der Waals surface area contributed by atoms with Gasteiger partial charge in [0.1, 0.15) is 0 Å². The predicted octanol–water partition coefficient (Wildman–Crippen LogP) is 1.49. The molecule has 0 radical (unpaired) electrons. The number of hydrogen-bond acceptors (Lipinski definition) is 3. The summed E-state index contributed by atoms with van der Waals surface area (Å²) in [4.78, 5) is 10.3. The monoisotopic (exact) mass is 158 g/mol. The lowest BCUT2D eigenvalue weighted by molar-refractivity contribution is -0.141. The maximum Gasteiger partial charge on any atom is 0.302 e. The normalized spacial score (nSPS) is 10.0. The van der Waals surface area contributed by atoms with Crippen molar-refractivity contribution in [1.29, 1.82) is 0 Å². The van der Waals surface area contributed by atoms with Crippen molar-refractivity contribution in [2.24, 2.45) is 0 Å². The highest BCUT2D eigenvalue weighted by Gasteiger charge is 1.90. The molecule has 0 spiro atoms. The smallest absolute Gasteiger partial charge is 0.302 e. The zero-order valence-corrected chi connectivity index (χ0v) is 7.00. The average molecular weight is 158 g/mol. The molecule has 0 heterocycles. The Labute approximate surface area is 67.0 Å². The first kappa shape index (κ1) is 10.0. The lowest BCUT2D eigenvalue weighted by Crippen LogP contribution is -2.02. The molecule has 0 saturated carbocycles. The molecule has 3 heteroatoms. The van der Waals surface area contributed by atoms with E-state index in [0.717, 1.165) is 6.42 Å². The van der Waals surface area contributed by atoms with Crippen molar-refractivity contribution in [2.45, 2.75) is 20.3 Å². The summed E-state index contributed by atoms with van der Waals surface area (Å²) < 4.78 is 9.67. The van der Waals surface area contributed by atoms with Crippen LogP contribution in [0, 0.1) is 0 Å². The number of allylic oxidation sites excluding steroid dienone is 1. The summed E-state index contributed by atoms with van der Waals surface area (Å²) in [6, 6.07) is 0. The maximum atomic E-state index is 10.3. The van der Waals surface area contributed by atoms with Crippen LogP contribution in [0.1, 0.15) is 20.3 Å². The Bertz CT molecular complexity index is 129. The van der Waals surface area contributed by atoms with Gasteiger partial charge in [-0.3, -0.25) is 4.79 Å². The third kappa shape index (κ3) is 9.01. The van der Waals surface area contributed by atoms with Crippen molar-refractivity contribution in [2.75, 3.05) is 13.2 Å². The first-order valence-electron chi connectivity index (χ1n) is 3.63. The molecule has 0 aliphatic heterocycles. The summed E-state index contributed by atoms with van der Waals surface area (Å²) in [5.41, 5.74) is 0. The summed E-state index contributed by atoms with van der Waals surface area (Å²) in [5, 5.41) is 0. The second-order valence-corrected chi connectivity index (χ2v) is 2.03. The van der Waals surface area contributed by atoms with Gasteiger partial charge in [0.2, 0.25) is 0 Å². The standard InChI is InChI=1S/C8H14O3/c1-3-5-10-6-4-7-11-8(2)9/h3,5H,4,6-7H2,1-2H3.